The fourth-order valence-electron chi connectivity index (χ4n) is 10.7. The molecule has 4 aliphatic rings. The minimum absolute atomic E-state index is 0. The Morgan fingerprint density at radius 3 is 1.67 bits per heavy atom. The fraction of sp³-hybridized carbons (Fsp3) is 0.298. The summed E-state index contributed by atoms with van der Waals surface area (Å²) in [6.07, 6.45) is 11.6. The Kier molecular flexibility index (Phi) is 9.55. The van der Waals surface area contributed by atoms with Crippen LogP contribution in [0.4, 0.5) is 8.78 Å². The van der Waals surface area contributed by atoms with Gasteiger partial charge in [0.1, 0.15) is 0 Å². The van der Waals surface area contributed by atoms with Gasteiger partial charge in [-0.3, -0.25) is 0 Å². The molecule has 4 aromatic carbocycles. The molecule has 0 N–H and O–H groups in total. The number of hydrogen-bond donors (Lipinski definition) is 0. The molecular weight excluding hydrogens is 765 g/mol. The molecule has 0 amide bonds. The van der Waals surface area contributed by atoms with Gasteiger partial charge < -0.3 is 0 Å². The van der Waals surface area contributed by atoms with Gasteiger partial charge in [-0.05, 0) is 0 Å². The predicted molar refractivity (Wildman–Crippen MR) is 221 cm³/mol. The molecule has 0 saturated carbocycles. The van der Waals surface area contributed by atoms with Crippen molar-refractivity contribution in [2.24, 2.45) is 5.92 Å². The number of fused-ring (bicyclic) bond motifs is 5. The van der Waals surface area contributed by atoms with E-state index in [4.69, 9.17) is 4.21 Å². The second-order valence-electron chi connectivity index (χ2n) is 17.2. The SMILES string of the molecule is Cl.Cl.[CH2]=[Zr]([C]1=CC(C)=CC1C)([c]1ccc(F)cc1)([c]1ccc(F)cc1)[CH]1C=C(C)c2cc3c(cc2C1(C)C)Cc1cc2c(cc1-3)C(C)=CCC2(C)C. The zero-order chi connectivity index (χ0) is 35.6. The van der Waals surface area contributed by atoms with E-state index >= 15 is 0 Å². The first kappa shape index (κ1) is 38.7. The number of halogens is 4. The average Bonchev–Trinajstić information content (AvgIpc) is 3.61. The van der Waals surface area contributed by atoms with Crippen molar-refractivity contribution in [2.75, 3.05) is 0 Å². The fourth-order valence-corrected chi connectivity index (χ4v) is 30.3. The molecule has 5 heteroatoms. The van der Waals surface area contributed by atoms with Gasteiger partial charge in [0, 0.05) is 0 Å². The topological polar surface area (TPSA) is 0 Å². The predicted octanol–water partition coefficient (Wildman–Crippen LogP) is 12.2. The summed E-state index contributed by atoms with van der Waals surface area (Å²) in [6, 6.07) is 24.3. The van der Waals surface area contributed by atoms with Crippen molar-refractivity contribution in [2.45, 2.75) is 82.7 Å². The molecule has 270 valence electrons. The third-order valence-electron chi connectivity index (χ3n) is 13.3. The van der Waals surface area contributed by atoms with Gasteiger partial charge >= 0.3 is 300 Å². The summed E-state index contributed by atoms with van der Waals surface area (Å²) in [5.74, 6) is -0.364. The summed E-state index contributed by atoms with van der Waals surface area (Å²) in [5.41, 5.74) is 14.6. The quantitative estimate of drug-likeness (QED) is 0.170. The van der Waals surface area contributed by atoms with Gasteiger partial charge in [-0.25, -0.2) is 0 Å². The van der Waals surface area contributed by atoms with Gasteiger partial charge in [0.25, 0.3) is 0 Å². The van der Waals surface area contributed by atoms with E-state index in [1.54, 1.807) is 24.3 Å². The molecule has 0 spiro atoms. The molecule has 0 fully saturated rings. The van der Waals surface area contributed by atoms with Gasteiger partial charge in [0.15, 0.2) is 0 Å². The van der Waals surface area contributed by atoms with Crippen LogP contribution in [0.2, 0.25) is 3.63 Å². The van der Waals surface area contributed by atoms with Crippen LogP contribution in [0, 0.1) is 17.6 Å². The second kappa shape index (κ2) is 12.8. The Hall–Kier alpha value is -2.97. The number of allylic oxidation sites excluding steroid dienone is 8. The molecule has 0 heterocycles. The standard InChI is InChI=1S/C27H29.C7H9.2C6H4F.CH2.2ClH.Zr/c1-16-7-9-26(3,4)24-12-18-11-19-13-25-21(17(2)8-10-27(25,5)6)15-23(19)22(18)14-20(16)24;1-6-3-4-7(2)5-6;2*7-6-4-2-1-3-5-6;;;;/h7-9,12-15H,10-11H2,1-6H3;3,5,7H,1-2H3;2*2-5H;1H2;2*1H;. The van der Waals surface area contributed by atoms with Crippen molar-refractivity contribution < 1.29 is 27.1 Å². The molecule has 0 radical (unpaired) electrons. The van der Waals surface area contributed by atoms with E-state index in [9.17, 15) is 8.78 Å². The number of rotatable bonds is 4. The normalized spacial score (nSPS) is 20.8. The third kappa shape index (κ3) is 5.31. The first-order chi connectivity index (χ1) is 23.5. The van der Waals surface area contributed by atoms with E-state index in [-0.39, 0.29) is 56.8 Å². The van der Waals surface area contributed by atoms with Gasteiger partial charge in [-0.2, -0.15) is 0 Å². The van der Waals surface area contributed by atoms with E-state index < -0.39 is 18.3 Å². The van der Waals surface area contributed by atoms with Gasteiger partial charge in [0.05, 0.1) is 0 Å². The summed E-state index contributed by atoms with van der Waals surface area (Å²) in [6.45, 7) is 18.5. The van der Waals surface area contributed by atoms with Gasteiger partial charge in [-0.1, -0.05) is 0 Å². The molecule has 0 aromatic heterocycles. The van der Waals surface area contributed by atoms with Gasteiger partial charge in [-0.15, -0.1) is 24.8 Å². The summed E-state index contributed by atoms with van der Waals surface area (Å²) >= 11 is -5.12. The summed E-state index contributed by atoms with van der Waals surface area (Å²) in [5, 5.41) is 0. The van der Waals surface area contributed by atoms with Crippen LogP contribution in [0.25, 0.3) is 22.3 Å². The molecule has 4 aliphatic carbocycles. The van der Waals surface area contributed by atoms with Crippen molar-refractivity contribution in [1.29, 1.82) is 0 Å². The van der Waals surface area contributed by atoms with E-state index in [1.807, 2.05) is 24.3 Å². The van der Waals surface area contributed by atoms with E-state index in [0.29, 0.717) is 0 Å². The average molecular weight is 815 g/mol. The Morgan fingerprint density at radius 1 is 0.673 bits per heavy atom. The van der Waals surface area contributed by atoms with Crippen LogP contribution in [0.15, 0.2) is 106 Å². The van der Waals surface area contributed by atoms with E-state index in [2.05, 4.69) is 104 Å². The Bertz CT molecular complexity index is 2280. The minimum atomic E-state index is -5.12. The maximum absolute atomic E-state index is 14.7. The molecule has 2 unspecified atom stereocenters. The zero-order valence-corrected chi connectivity index (χ0v) is 35.7. The van der Waals surface area contributed by atoms with Crippen molar-refractivity contribution in [3.8, 4) is 11.1 Å². The van der Waals surface area contributed by atoms with Crippen molar-refractivity contribution in [3.05, 3.63) is 151 Å². The first-order valence-electron chi connectivity index (χ1n) is 18.2. The zero-order valence-electron chi connectivity index (χ0n) is 31.6. The Balaban J connectivity index is 0.00000232. The van der Waals surface area contributed by atoms with Crippen LogP contribution in [-0.2, 0) is 35.5 Å². The molecule has 52 heavy (non-hydrogen) atoms. The first-order valence-corrected chi connectivity index (χ1v) is 25.1. The van der Waals surface area contributed by atoms with Crippen LogP contribution in [0.3, 0.4) is 0 Å². The summed E-state index contributed by atoms with van der Waals surface area (Å²) < 4.78 is 38.6. The number of benzene rings is 4. The van der Waals surface area contributed by atoms with Crippen molar-refractivity contribution in [3.63, 3.8) is 0 Å². The van der Waals surface area contributed by atoms with Crippen LogP contribution in [0.5, 0.6) is 0 Å². The monoisotopic (exact) mass is 812 g/mol. The second-order valence-corrected chi connectivity index (χ2v) is 30.5. The Labute approximate surface area is 322 Å². The van der Waals surface area contributed by atoms with E-state index in [1.165, 1.54) is 64.5 Å². The maximum atomic E-state index is 14.7. The summed E-state index contributed by atoms with van der Waals surface area (Å²) in [7, 11) is 0. The number of hydrogen-bond acceptors (Lipinski definition) is 0. The van der Waals surface area contributed by atoms with Crippen LogP contribution in [0.1, 0.15) is 95.2 Å². The van der Waals surface area contributed by atoms with Crippen molar-refractivity contribution >= 4 is 46.7 Å². The Morgan fingerprint density at radius 2 is 1.17 bits per heavy atom. The third-order valence-corrected chi connectivity index (χ3v) is 31.7. The van der Waals surface area contributed by atoms with Crippen LogP contribution >= 0.6 is 24.8 Å². The van der Waals surface area contributed by atoms with Crippen LogP contribution < -0.4 is 6.54 Å². The van der Waals surface area contributed by atoms with Crippen LogP contribution in [-0.4, -0.2) is 4.21 Å². The molecule has 0 bridgehead atoms. The molecular formula is C47H50Cl2F2Zr. The molecule has 8 rings (SSSR count). The molecule has 2 atom stereocenters. The van der Waals surface area contributed by atoms with E-state index in [0.717, 1.165) is 19.4 Å². The summed E-state index contributed by atoms with van der Waals surface area (Å²) in [4.78, 5) is 0. The molecule has 0 nitrogen and oxygen atoms in total. The molecule has 0 aliphatic heterocycles. The van der Waals surface area contributed by atoms with Gasteiger partial charge in [0.2, 0.25) is 0 Å². The molecule has 0 saturated heterocycles. The molecule has 4 aromatic rings. The van der Waals surface area contributed by atoms with Crippen molar-refractivity contribution in [1.82, 2.24) is 0 Å².